The molecular weight excluding hydrogens is 520 g/mol. The second kappa shape index (κ2) is 9.84. The maximum absolute atomic E-state index is 11.0. The van der Waals surface area contributed by atoms with E-state index in [1.54, 1.807) is 23.2 Å². The van der Waals surface area contributed by atoms with Crippen LogP contribution in [0.1, 0.15) is 11.6 Å². The highest BCUT2D eigenvalue weighted by Gasteiger charge is 2.47. The molecule has 0 bridgehead atoms. The van der Waals surface area contributed by atoms with E-state index in [0.717, 1.165) is 10.2 Å². The Kier molecular flexibility index (Phi) is 6.83. The number of benzene rings is 1. The number of halogens is 1. The van der Waals surface area contributed by atoms with Crippen molar-refractivity contribution in [2.75, 3.05) is 13.7 Å². The van der Waals surface area contributed by atoms with Gasteiger partial charge in [-0.2, -0.15) is 5.26 Å². The van der Waals surface area contributed by atoms with Gasteiger partial charge in [-0.3, -0.25) is 0 Å². The summed E-state index contributed by atoms with van der Waals surface area (Å²) < 4.78 is 14.2. The van der Waals surface area contributed by atoms with Gasteiger partial charge in [-0.15, -0.1) is 27.8 Å². The Hall–Kier alpha value is -2.15. The average molecular weight is 537 g/mol. The number of thiazole rings is 2. The molecule has 5 rings (SSSR count). The first-order valence-corrected chi connectivity index (χ1v) is 13.0. The van der Waals surface area contributed by atoms with Crippen molar-refractivity contribution in [3.63, 3.8) is 0 Å². The van der Waals surface area contributed by atoms with Crippen molar-refractivity contribution in [1.29, 1.82) is 5.26 Å². The van der Waals surface area contributed by atoms with Crippen LogP contribution in [-0.4, -0.2) is 72.6 Å². The summed E-state index contributed by atoms with van der Waals surface area (Å²) in [4.78, 5) is 9.17. The van der Waals surface area contributed by atoms with Crippen LogP contribution in [0.15, 0.2) is 34.1 Å². The van der Waals surface area contributed by atoms with E-state index in [2.05, 4.69) is 26.3 Å². The van der Waals surface area contributed by atoms with E-state index in [4.69, 9.17) is 21.1 Å². The van der Waals surface area contributed by atoms with Crippen molar-refractivity contribution in [1.82, 2.24) is 25.0 Å². The molecule has 1 aliphatic rings. The van der Waals surface area contributed by atoms with Crippen LogP contribution in [0, 0.1) is 11.3 Å². The second-order valence-corrected chi connectivity index (χ2v) is 10.6. The van der Waals surface area contributed by atoms with Crippen LogP contribution >= 0.6 is 46.0 Å². The van der Waals surface area contributed by atoms with Gasteiger partial charge in [-0.1, -0.05) is 28.6 Å². The van der Waals surface area contributed by atoms with Gasteiger partial charge in [0.2, 0.25) is 0 Å². The minimum absolute atomic E-state index is 0.360. The zero-order chi connectivity index (χ0) is 23.8. The minimum atomic E-state index is -1.12. The number of hydrogen-bond donors (Lipinski definition) is 2. The third-order valence-corrected chi connectivity index (χ3v) is 8.59. The summed E-state index contributed by atoms with van der Waals surface area (Å²) in [6, 6.07) is 5.11. The molecule has 34 heavy (non-hydrogen) atoms. The molecule has 1 aromatic carbocycles. The maximum Gasteiger partial charge on any atom is 0.147 e. The summed E-state index contributed by atoms with van der Waals surface area (Å²) in [6.45, 7) is -0.409. The lowest BCUT2D eigenvalue weighted by Crippen LogP contribution is -2.55. The SMILES string of the molecule is CO[C@@H]1[C@@H](n2cc(-c3nc(Cl)cs3)nn2)[C@@H](O)[C@@H](CO)O[C@@H]1Sc1cc2scnc2cc1C#N. The summed E-state index contributed by atoms with van der Waals surface area (Å²) in [5, 5.41) is 41.6. The van der Waals surface area contributed by atoms with Gasteiger partial charge in [-0.05, 0) is 12.1 Å². The number of hydrogen-bond acceptors (Lipinski definition) is 12. The van der Waals surface area contributed by atoms with Crippen LogP contribution in [0.5, 0.6) is 0 Å². The van der Waals surface area contributed by atoms with E-state index in [9.17, 15) is 15.5 Å². The molecule has 4 heterocycles. The lowest BCUT2D eigenvalue weighted by molar-refractivity contribution is -0.186. The molecule has 1 aliphatic heterocycles. The monoisotopic (exact) mass is 536 g/mol. The Balaban J connectivity index is 1.49. The quantitative estimate of drug-likeness (QED) is 0.378. The van der Waals surface area contributed by atoms with Gasteiger partial charge in [0, 0.05) is 17.4 Å². The molecule has 0 aliphatic carbocycles. The summed E-state index contributed by atoms with van der Waals surface area (Å²) >= 11 is 10.0. The maximum atomic E-state index is 11.0. The molecule has 0 saturated carbocycles. The highest BCUT2D eigenvalue weighted by molar-refractivity contribution is 8.00. The molecule has 0 amide bonds. The van der Waals surface area contributed by atoms with Crippen LogP contribution in [-0.2, 0) is 9.47 Å². The lowest BCUT2D eigenvalue weighted by Gasteiger charge is -2.43. The molecule has 4 aromatic rings. The lowest BCUT2D eigenvalue weighted by atomic mass is 9.97. The number of nitriles is 1. The fourth-order valence-corrected chi connectivity index (χ4v) is 6.74. The molecule has 0 unspecified atom stereocenters. The first kappa shape index (κ1) is 23.6. The second-order valence-electron chi connectivity index (χ2n) is 7.36. The van der Waals surface area contributed by atoms with E-state index < -0.39 is 36.4 Å². The van der Waals surface area contributed by atoms with Crippen molar-refractivity contribution in [3.8, 4) is 16.8 Å². The first-order valence-electron chi connectivity index (χ1n) is 9.96. The van der Waals surface area contributed by atoms with Crippen molar-refractivity contribution in [2.45, 2.75) is 34.7 Å². The molecule has 0 radical (unpaired) electrons. The summed E-state index contributed by atoms with van der Waals surface area (Å²) in [5.74, 6) is 0. The highest BCUT2D eigenvalue weighted by Crippen LogP contribution is 2.41. The standard InChI is InChI=1S/C20H17ClN6O4S3/c1-30-18-16(27-5-11(25-26-27)19-24-15(21)7-32-19)17(29)12(6-28)31-20(18)34-13-3-14-10(23-8-33-14)2-9(13)4-22/h2-3,5,7-8,12,16-18,20,28-29H,6H2,1H3/t12-,16+,17+,18-,20-/m1/s1. The zero-order valence-corrected chi connectivity index (χ0v) is 20.7. The first-order chi connectivity index (χ1) is 16.5. The summed E-state index contributed by atoms with van der Waals surface area (Å²) in [6.07, 6.45) is -1.05. The number of aromatic nitrogens is 5. The number of nitrogens with zero attached hydrogens (tertiary/aromatic N) is 6. The summed E-state index contributed by atoms with van der Waals surface area (Å²) in [5.41, 5.74) is 2.76. The number of thioether (sulfide) groups is 1. The van der Waals surface area contributed by atoms with Gasteiger partial charge in [-0.25, -0.2) is 14.6 Å². The Morgan fingerprint density at radius 3 is 2.94 bits per heavy atom. The van der Waals surface area contributed by atoms with Gasteiger partial charge in [0.1, 0.15) is 51.7 Å². The Labute approximate surface area is 210 Å². The van der Waals surface area contributed by atoms with Gasteiger partial charge in [0.15, 0.2) is 0 Å². The van der Waals surface area contributed by atoms with E-state index in [1.807, 2.05) is 6.07 Å². The molecule has 10 nitrogen and oxygen atoms in total. The topological polar surface area (TPSA) is 139 Å². The van der Waals surface area contributed by atoms with E-state index >= 15 is 0 Å². The van der Waals surface area contributed by atoms with E-state index in [0.29, 0.717) is 26.3 Å². The molecule has 1 fully saturated rings. The molecule has 2 N–H and O–H groups in total. The van der Waals surface area contributed by atoms with Crippen molar-refractivity contribution < 1.29 is 19.7 Å². The molecule has 176 valence electrons. The van der Waals surface area contributed by atoms with Crippen LogP contribution in [0.2, 0.25) is 5.15 Å². The third-order valence-electron chi connectivity index (χ3n) is 5.40. The Morgan fingerprint density at radius 1 is 1.38 bits per heavy atom. The molecule has 1 saturated heterocycles. The normalized spacial score (nSPS) is 25.0. The van der Waals surface area contributed by atoms with Gasteiger partial charge in [0.25, 0.3) is 0 Å². The van der Waals surface area contributed by atoms with Gasteiger partial charge >= 0.3 is 0 Å². The largest absolute Gasteiger partial charge is 0.394 e. The predicted molar refractivity (Wildman–Crippen MR) is 128 cm³/mol. The van der Waals surface area contributed by atoms with E-state index in [-0.39, 0.29) is 0 Å². The zero-order valence-electron chi connectivity index (χ0n) is 17.5. The van der Waals surface area contributed by atoms with Gasteiger partial charge in [0.05, 0.1) is 34.1 Å². The van der Waals surface area contributed by atoms with Crippen molar-refractivity contribution in [2.24, 2.45) is 0 Å². The molecule has 0 spiro atoms. The third kappa shape index (κ3) is 4.32. The van der Waals surface area contributed by atoms with Crippen LogP contribution in [0.25, 0.3) is 20.9 Å². The van der Waals surface area contributed by atoms with Crippen molar-refractivity contribution in [3.05, 3.63) is 39.9 Å². The van der Waals surface area contributed by atoms with Gasteiger partial charge < -0.3 is 19.7 Å². The Bertz CT molecular complexity index is 1350. The number of aliphatic hydroxyl groups excluding tert-OH is 2. The van der Waals surface area contributed by atoms with Crippen molar-refractivity contribution >= 4 is 56.3 Å². The fraction of sp³-hybridized carbons (Fsp3) is 0.350. The molecule has 3 aromatic heterocycles. The van der Waals surface area contributed by atoms with Crippen LogP contribution in [0.4, 0.5) is 0 Å². The van der Waals surface area contributed by atoms with Crippen LogP contribution < -0.4 is 0 Å². The Morgan fingerprint density at radius 2 is 2.24 bits per heavy atom. The number of fused-ring (bicyclic) bond motifs is 1. The number of rotatable bonds is 6. The minimum Gasteiger partial charge on any atom is -0.394 e. The van der Waals surface area contributed by atoms with Crippen LogP contribution in [0.3, 0.4) is 0 Å². The molecule has 5 atom stereocenters. The fourth-order valence-electron chi connectivity index (χ4n) is 3.80. The predicted octanol–water partition coefficient (Wildman–Crippen LogP) is 2.96. The average Bonchev–Trinajstić information content (AvgIpc) is 3.59. The summed E-state index contributed by atoms with van der Waals surface area (Å²) in [7, 11) is 1.51. The molecule has 14 heteroatoms. The molecular formula is C20H17ClN6O4S3. The van der Waals surface area contributed by atoms with E-state index in [1.165, 1.54) is 46.2 Å². The number of ether oxygens (including phenoxy) is 2. The number of methoxy groups -OCH3 is 1. The highest BCUT2D eigenvalue weighted by atomic mass is 35.5. The smallest absolute Gasteiger partial charge is 0.147 e. The number of aliphatic hydroxyl groups is 2.